The van der Waals surface area contributed by atoms with Crippen molar-refractivity contribution in [3.63, 3.8) is 0 Å². The van der Waals surface area contributed by atoms with Crippen molar-refractivity contribution in [1.29, 1.82) is 0 Å². The van der Waals surface area contributed by atoms with E-state index in [9.17, 15) is 9.59 Å². The summed E-state index contributed by atoms with van der Waals surface area (Å²) in [5.74, 6) is -1.01. The summed E-state index contributed by atoms with van der Waals surface area (Å²) in [6.45, 7) is 1.72. The van der Waals surface area contributed by atoms with Crippen molar-refractivity contribution >= 4 is 11.8 Å². The van der Waals surface area contributed by atoms with Crippen molar-refractivity contribution in [1.82, 2.24) is 5.32 Å². The number of rotatable bonds is 5. The number of carboxylic acids is 1. The van der Waals surface area contributed by atoms with Crippen LogP contribution in [0.5, 0.6) is 0 Å². The molecule has 4 heteroatoms. The minimum Gasteiger partial charge on any atom is -0.480 e. The van der Waals surface area contributed by atoms with Crippen molar-refractivity contribution in [3.05, 3.63) is 0 Å². The van der Waals surface area contributed by atoms with Gasteiger partial charge in [-0.1, -0.05) is 6.92 Å². The predicted molar refractivity (Wildman–Crippen MR) is 40.4 cm³/mol. The Labute approximate surface area is 65.6 Å². The molecule has 1 atom stereocenters. The lowest BCUT2D eigenvalue weighted by atomic mass is 10.1. The van der Waals surface area contributed by atoms with Gasteiger partial charge in [-0.3, -0.25) is 9.59 Å². The van der Waals surface area contributed by atoms with E-state index in [1.165, 1.54) is 7.05 Å². The molecule has 0 aromatic heterocycles. The highest BCUT2D eigenvalue weighted by molar-refractivity contribution is 5.85. The number of carbonyl (C=O) groups is 2. The molecule has 4 nitrogen and oxygen atoms in total. The van der Waals surface area contributed by atoms with Gasteiger partial charge in [0.1, 0.15) is 11.8 Å². The van der Waals surface area contributed by atoms with Gasteiger partial charge in [-0.15, -0.1) is 0 Å². The van der Waals surface area contributed by atoms with E-state index in [2.05, 4.69) is 5.32 Å². The van der Waals surface area contributed by atoms with E-state index in [0.717, 1.165) is 0 Å². The fraction of sp³-hybridized carbons (Fsp3) is 0.714. The second-order valence-corrected chi connectivity index (χ2v) is 2.28. The van der Waals surface area contributed by atoms with Gasteiger partial charge in [0.15, 0.2) is 0 Å². The molecular weight excluding hydrogens is 146 g/mol. The Morgan fingerprint density at radius 2 is 2.09 bits per heavy atom. The normalized spacial score (nSPS) is 12.5. The van der Waals surface area contributed by atoms with Crippen LogP contribution in [0.3, 0.4) is 0 Å². The van der Waals surface area contributed by atoms with E-state index in [4.69, 9.17) is 5.11 Å². The molecule has 0 spiro atoms. The van der Waals surface area contributed by atoms with Crippen molar-refractivity contribution in [2.45, 2.75) is 25.8 Å². The standard InChI is InChI=1S/C7H13NO3/c1-3-5(9)4-6(8-2)7(10)11/h6,8H,3-4H2,1-2H3,(H,10,11)/t6-/m1/s1. The summed E-state index contributed by atoms with van der Waals surface area (Å²) in [7, 11) is 1.53. The first-order valence-electron chi connectivity index (χ1n) is 3.53. The lowest BCUT2D eigenvalue weighted by Gasteiger charge is -2.08. The van der Waals surface area contributed by atoms with Gasteiger partial charge in [-0.2, -0.15) is 0 Å². The second-order valence-electron chi connectivity index (χ2n) is 2.28. The molecule has 0 radical (unpaired) electrons. The van der Waals surface area contributed by atoms with E-state index >= 15 is 0 Å². The van der Waals surface area contributed by atoms with Crippen molar-refractivity contribution < 1.29 is 14.7 Å². The molecular formula is C7H13NO3. The fourth-order valence-corrected chi connectivity index (χ4v) is 0.685. The molecule has 0 saturated heterocycles. The average Bonchev–Trinajstić information content (AvgIpc) is 1.99. The van der Waals surface area contributed by atoms with Gasteiger partial charge < -0.3 is 10.4 Å². The van der Waals surface area contributed by atoms with Crippen LogP contribution in [0.1, 0.15) is 19.8 Å². The van der Waals surface area contributed by atoms with Crippen LogP contribution in [0.2, 0.25) is 0 Å². The molecule has 0 rings (SSSR count). The van der Waals surface area contributed by atoms with E-state index in [-0.39, 0.29) is 12.2 Å². The Morgan fingerprint density at radius 1 is 1.55 bits per heavy atom. The Morgan fingerprint density at radius 3 is 2.36 bits per heavy atom. The molecule has 64 valence electrons. The largest absolute Gasteiger partial charge is 0.480 e. The molecule has 0 fully saturated rings. The zero-order valence-corrected chi connectivity index (χ0v) is 6.76. The van der Waals surface area contributed by atoms with Gasteiger partial charge in [0.2, 0.25) is 0 Å². The molecule has 0 aromatic carbocycles. The van der Waals surface area contributed by atoms with E-state index < -0.39 is 12.0 Å². The lowest BCUT2D eigenvalue weighted by Crippen LogP contribution is -2.35. The van der Waals surface area contributed by atoms with E-state index in [0.29, 0.717) is 6.42 Å². The summed E-state index contributed by atoms with van der Waals surface area (Å²) in [4.78, 5) is 21.1. The van der Waals surface area contributed by atoms with Crippen LogP contribution in [0.25, 0.3) is 0 Å². The number of carboxylic acid groups (broad SMARTS) is 1. The molecule has 0 unspecified atom stereocenters. The summed E-state index contributed by atoms with van der Waals surface area (Å²) in [6, 6.07) is -0.734. The summed E-state index contributed by atoms with van der Waals surface area (Å²) < 4.78 is 0. The zero-order chi connectivity index (χ0) is 8.85. The van der Waals surface area contributed by atoms with Crippen LogP contribution in [0.4, 0.5) is 0 Å². The fourth-order valence-electron chi connectivity index (χ4n) is 0.685. The summed E-state index contributed by atoms with van der Waals surface area (Å²) in [5.41, 5.74) is 0. The minimum absolute atomic E-state index is 0.0354. The van der Waals surface area contributed by atoms with Crippen molar-refractivity contribution in [2.24, 2.45) is 0 Å². The average molecular weight is 159 g/mol. The number of nitrogens with one attached hydrogen (secondary N) is 1. The molecule has 0 aromatic rings. The number of Topliss-reactive ketones (excluding diaryl/α,β-unsaturated/α-hetero) is 1. The van der Waals surface area contributed by atoms with Crippen LogP contribution < -0.4 is 5.32 Å². The Kier molecular flexibility index (Phi) is 4.45. The third kappa shape index (κ3) is 3.72. The Bertz CT molecular complexity index is 156. The predicted octanol–water partition coefficient (Wildman–Crippen LogP) is 0.0282. The van der Waals surface area contributed by atoms with Gasteiger partial charge in [-0.05, 0) is 7.05 Å². The SMILES string of the molecule is CCC(=O)C[C@@H](NC)C(=O)O. The quantitative estimate of drug-likeness (QED) is 0.594. The van der Waals surface area contributed by atoms with Crippen LogP contribution in [-0.2, 0) is 9.59 Å². The molecule has 0 aliphatic carbocycles. The number of hydrogen-bond acceptors (Lipinski definition) is 3. The maximum Gasteiger partial charge on any atom is 0.321 e. The third-order valence-corrected chi connectivity index (χ3v) is 1.47. The number of ketones is 1. The maximum absolute atomic E-state index is 10.8. The van der Waals surface area contributed by atoms with Gasteiger partial charge in [0, 0.05) is 12.8 Å². The summed E-state index contributed by atoms with van der Waals surface area (Å²) >= 11 is 0. The first-order valence-corrected chi connectivity index (χ1v) is 3.53. The number of aliphatic carboxylic acids is 1. The van der Waals surface area contributed by atoms with E-state index in [1.807, 2.05) is 0 Å². The number of hydrogen-bond donors (Lipinski definition) is 2. The van der Waals surface area contributed by atoms with Gasteiger partial charge >= 0.3 is 5.97 Å². The van der Waals surface area contributed by atoms with Crippen LogP contribution in [0, 0.1) is 0 Å². The topological polar surface area (TPSA) is 66.4 Å². The van der Waals surface area contributed by atoms with E-state index in [1.54, 1.807) is 6.92 Å². The molecule has 0 saturated carbocycles. The molecule has 0 aliphatic rings. The third-order valence-electron chi connectivity index (χ3n) is 1.47. The molecule has 0 aliphatic heterocycles. The van der Waals surface area contributed by atoms with Gasteiger partial charge in [-0.25, -0.2) is 0 Å². The Balaban J connectivity index is 3.88. The molecule has 0 heterocycles. The van der Waals surface area contributed by atoms with Crippen molar-refractivity contribution in [3.8, 4) is 0 Å². The zero-order valence-electron chi connectivity index (χ0n) is 6.76. The first kappa shape index (κ1) is 10.1. The molecule has 11 heavy (non-hydrogen) atoms. The van der Waals surface area contributed by atoms with Crippen molar-refractivity contribution in [2.75, 3.05) is 7.05 Å². The first-order chi connectivity index (χ1) is 5.11. The lowest BCUT2D eigenvalue weighted by molar-refractivity contribution is -0.141. The number of likely N-dealkylation sites (N-methyl/N-ethyl adjacent to an activating group) is 1. The van der Waals surface area contributed by atoms with Gasteiger partial charge in [0.25, 0.3) is 0 Å². The summed E-state index contributed by atoms with van der Waals surface area (Å²) in [6.07, 6.45) is 0.466. The highest BCUT2D eigenvalue weighted by atomic mass is 16.4. The molecule has 0 bridgehead atoms. The molecule has 2 N–H and O–H groups in total. The maximum atomic E-state index is 10.8. The minimum atomic E-state index is -0.977. The van der Waals surface area contributed by atoms with Crippen LogP contribution in [-0.4, -0.2) is 29.9 Å². The highest BCUT2D eigenvalue weighted by Gasteiger charge is 2.17. The van der Waals surface area contributed by atoms with Gasteiger partial charge in [0.05, 0.1) is 0 Å². The van der Waals surface area contributed by atoms with Crippen LogP contribution in [0.15, 0.2) is 0 Å². The second kappa shape index (κ2) is 4.85. The highest BCUT2D eigenvalue weighted by Crippen LogP contribution is 1.95. The smallest absolute Gasteiger partial charge is 0.321 e. The Hall–Kier alpha value is -0.900. The molecule has 0 amide bonds. The number of carbonyl (C=O) groups excluding carboxylic acids is 1. The van der Waals surface area contributed by atoms with Crippen LogP contribution >= 0.6 is 0 Å². The summed E-state index contributed by atoms with van der Waals surface area (Å²) in [5, 5.41) is 11.0. The monoisotopic (exact) mass is 159 g/mol.